The third-order valence-corrected chi connectivity index (χ3v) is 4.51. The van der Waals surface area contributed by atoms with Gasteiger partial charge in [-0.3, -0.25) is 19.3 Å². The molecule has 1 fully saturated rings. The molecule has 1 saturated heterocycles. The summed E-state index contributed by atoms with van der Waals surface area (Å²) in [6.45, 7) is 3.68. The molecule has 1 unspecified atom stereocenters. The second-order valence-electron chi connectivity index (χ2n) is 6.54. The van der Waals surface area contributed by atoms with Gasteiger partial charge in [-0.15, -0.1) is 0 Å². The topological polar surface area (TPSA) is 80.1 Å². The smallest absolute Gasteiger partial charge is 0.272 e. The summed E-state index contributed by atoms with van der Waals surface area (Å²) in [5.74, 6) is 0.214. The van der Waals surface area contributed by atoms with Crippen molar-refractivity contribution in [3.8, 4) is 0 Å². The van der Waals surface area contributed by atoms with E-state index in [2.05, 4.69) is 15.4 Å². The van der Waals surface area contributed by atoms with Gasteiger partial charge in [-0.1, -0.05) is 0 Å². The average Bonchev–Trinajstić information content (AvgIpc) is 3.19. The Balaban J connectivity index is 1.48. The molecule has 1 atom stereocenters. The Bertz CT molecular complexity index is 756. The van der Waals surface area contributed by atoms with Crippen LogP contribution < -0.4 is 5.32 Å². The van der Waals surface area contributed by atoms with Gasteiger partial charge in [-0.2, -0.15) is 5.10 Å². The van der Waals surface area contributed by atoms with Gasteiger partial charge in [0.25, 0.3) is 5.91 Å². The maximum absolute atomic E-state index is 12.6. The maximum Gasteiger partial charge on any atom is 0.272 e. The van der Waals surface area contributed by atoms with Crippen LogP contribution >= 0.6 is 0 Å². The first-order chi connectivity index (χ1) is 12.0. The van der Waals surface area contributed by atoms with Crippen LogP contribution in [0.15, 0.2) is 30.6 Å². The minimum atomic E-state index is -0.0113. The first-order valence-electron chi connectivity index (χ1n) is 8.48. The predicted molar refractivity (Wildman–Crippen MR) is 92.7 cm³/mol. The van der Waals surface area contributed by atoms with E-state index in [1.807, 2.05) is 24.0 Å². The molecule has 2 aromatic heterocycles. The van der Waals surface area contributed by atoms with E-state index >= 15 is 0 Å². The number of amides is 2. The van der Waals surface area contributed by atoms with Crippen LogP contribution in [0.2, 0.25) is 0 Å². The maximum atomic E-state index is 12.6. The SMILES string of the molecule is Cc1cc(C(=O)N2CCC(CC(=O)NCc3ccncc3)C2)n(C)n1. The first kappa shape index (κ1) is 17.1. The molecular weight excluding hydrogens is 318 g/mol. The average molecular weight is 341 g/mol. The molecule has 0 bridgehead atoms. The third-order valence-electron chi connectivity index (χ3n) is 4.51. The number of pyridine rings is 1. The lowest BCUT2D eigenvalue weighted by Gasteiger charge is -2.16. The summed E-state index contributed by atoms with van der Waals surface area (Å²) in [5, 5.41) is 7.15. The Labute approximate surface area is 147 Å². The minimum absolute atomic E-state index is 0.0113. The number of likely N-dealkylation sites (tertiary alicyclic amines) is 1. The van der Waals surface area contributed by atoms with Gasteiger partial charge in [0.05, 0.1) is 5.69 Å². The van der Waals surface area contributed by atoms with Crippen LogP contribution in [0, 0.1) is 12.8 Å². The highest BCUT2D eigenvalue weighted by molar-refractivity contribution is 5.93. The van der Waals surface area contributed by atoms with Crippen molar-refractivity contribution in [1.82, 2.24) is 25.0 Å². The molecule has 2 aromatic rings. The zero-order chi connectivity index (χ0) is 17.8. The van der Waals surface area contributed by atoms with Crippen LogP contribution in [0.3, 0.4) is 0 Å². The van der Waals surface area contributed by atoms with Gasteiger partial charge in [-0.05, 0) is 43.0 Å². The third kappa shape index (κ3) is 4.23. The van der Waals surface area contributed by atoms with Gasteiger partial charge in [0.1, 0.15) is 5.69 Å². The van der Waals surface area contributed by atoms with Gasteiger partial charge in [-0.25, -0.2) is 0 Å². The van der Waals surface area contributed by atoms with Gasteiger partial charge in [0, 0.05) is 45.5 Å². The first-order valence-corrected chi connectivity index (χ1v) is 8.48. The number of hydrogen-bond donors (Lipinski definition) is 1. The summed E-state index contributed by atoms with van der Waals surface area (Å²) in [6, 6.07) is 5.56. The van der Waals surface area contributed by atoms with Crippen molar-refractivity contribution in [3.05, 3.63) is 47.5 Å². The number of carbonyl (C=O) groups excluding carboxylic acids is 2. The molecule has 0 aromatic carbocycles. The summed E-state index contributed by atoms with van der Waals surface area (Å²) < 4.78 is 1.62. The minimum Gasteiger partial charge on any atom is -0.352 e. The van der Waals surface area contributed by atoms with Crippen molar-refractivity contribution in [2.75, 3.05) is 13.1 Å². The van der Waals surface area contributed by atoms with E-state index in [4.69, 9.17) is 0 Å². The fourth-order valence-corrected chi connectivity index (χ4v) is 3.19. The Hall–Kier alpha value is -2.70. The highest BCUT2D eigenvalue weighted by Gasteiger charge is 2.29. The summed E-state index contributed by atoms with van der Waals surface area (Å²) in [7, 11) is 1.78. The highest BCUT2D eigenvalue weighted by atomic mass is 16.2. The van der Waals surface area contributed by atoms with E-state index < -0.39 is 0 Å². The van der Waals surface area contributed by atoms with E-state index in [0.717, 1.165) is 17.7 Å². The number of rotatable bonds is 5. The molecule has 3 rings (SSSR count). The molecule has 3 heterocycles. The predicted octanol–water partition coefficient (Wildman–Crippen LogP) is 1.29. The van der Waals surface area contributed by atoms with Crippen LogP contribution in [-0.2, 0) is 18.4 Å². The molecular formula is C18H23N5O2. The quantitative estimate of drug-likeness (QED) is 0.889. The lowest BCUT2D eigenvalue weighted by Crippen LogP contribution is -2.31. The Kier molecular flexibility index (Phi) is 5.11. The number of nitrogens with zero attached hydrogens (tertiary/aromatic N) is 4. The van der Waals surface area contributed by atoms with Crippen molar-refractivity contribution in [3.63, 3.8) is 0 Å². The van der Waals surface area contributed by atoms with E-state index in [0.29, 0.717) is 31.7 Å². The number of carbonyl (C=O) groups is 2. The molecule has 1 aliphatic heterocycles. The molecule has 2 amide bonds. The fraction of sp³-hybridized carbons (Fsp3) is 0.444. The van der Waals surface area contributed by atoms with Crippen molar-refractivity contribution in [2.24, 2.45) is 13.0 Å². The van der Waals surface area contributed by atoms with E-state index in [9.17, 15) is 9.59 Å². The zero-order valence-corrected chi connectivity index (χ0v) is 14.6. The molecule has 132 valence electrons. The van der Waals surface area contributed by atoms with Gasteiger partial charge in [0.15, 0.2) is 0 Å². The Morgan fingerprint density at radius 2 is 2.08 bits per heavy atom. The van der Waals surface area contributed by atoms with E-state index in [-0.39, 0.29) is 17.7 Å². The molecule has 1 aliphatic rings. The van der Waals surface area contributed by atoms with E-state index in [1.54, 1.807) is 30.2 Å². The Morgan fingerprint density at radius 1 is 1.32 bits per heavy atom. The standard InChI is InChI=1S/C18H23N5O2/c1-13-9-16(22(2)21-13)18(25)23-8-5-15(12-23)10-17(24)20-11-14-3-6-19-7-4-14/h3-4,6-7,9,15H,5,8,10-12H2,1-2H3,(H,20,24). The lowest BCUT2D eigenvalue weighted by molar-refractivity contribution is -0.122. The zero-order valence-electron chi connectivity index (χ0n) is 14.6. The van der Waals surface area contributed by atoms with Crippen LogP contribution in [0.5, 0.6) is 0 Å². The van der Waals surface area contributed by atoms with Crippen molar-refractivity contribution in [1.29, 1.82) is 0 Å². The molecule has 0 spiro atoms. The van der Waals surface area contributed by atoms with E-state index in [1.165, 1.54) is 0 Å². The lowest BCUT2D eigenvalue weighted by atomic mass is 10.0. The summed E-state index contributed by atoms with van der Waals surface area (Å²) in [6.07, 6.45) is 4.72. The second kappa shape index (κ2) is 7.46. The summed E-state index contributed by atoms with van der Waals surface area (Å²) >= 11 is 0. The number of aromatic nitrogens is 3. The highest BCUT2D eigenvalue weighted by Crippen LogP contribution is 2.21. The Morgan fingerprint density at radius 3 is 2.76 bits per heavy atom. The van der Waals surface area contributed by atoms with Crippen molar-refractivity contribution >= 4 is 11.8 Å². The van der Waals surface area contributed by atoms with Crippen LogP contribution in [-0.4, -0.2) is 44.6 Å². The second-order valence-corrected chi connectivity index (χ2v) is 6.54. The molecule has 0 radical (unpaired) electrons. The summed E-state index contributed by atoms with van der Waals surface area (Å²) in [5.41, 5.74) is 2.45. The van der Waals surface area contributed by atoms with Crippen LogP contribution in [0.1, 0.15) is 34.6 Å². The van der Waals surface area contributed by atoms with Gasteiger partial charge in [0.2, 0.25) is 5.91 Å². The van der Waals surface area contributed by atoms with Gasteiger partial charge >= 0.3 is 0 Å². The molecule has 7 nitrogen and oxygen atoms in total. The molecule has 0 saturated carbocycles. The number of hydrogen-bond acceptors (Lipinski definition) is 4. The number of aryl methyl sites for hydroxylation is 2. The normalized spacial score (nSPS) is 16.9. The molecule has 0 aliphatic carbocycles. The van der Waals surface area contributed by atoms with Gasteiger partial charge < -0.3 is 10.2 Å². The fourth-order valence-electron chi connectivity index (χ4n) is 3.19. The number of nitrogens with one attached hydrogen (secondary N) is 1. The molecule has 7 heteroatoms. The largest absolute Gasteiger partial charge is 0.352 e. The monoisotopic (exact) mass is 341 g/mol. The van der Waals surface area contributed by atoms with Crippen molar-refractivity contribution in [2.45, 2.75) is 26.3 Å². The van der Waals surface area contributed by atoms with Crippen LogP contribution in [0.25, 0.3) is 0 Å². The molecule has 1 N–H and O–H groups in total. The molecule has 25 heavy (non-hydrogen) atoms. The van der Waals surface area contributed by atoms with Crippen LogP contribution in [0.4, 0.5) is 0 Å². The summed E-state index contributed by atoms with van der Waals surface area (Å²) in [4.78, 5) is 30.5. The van der Waals surface area contributed by atoms with Crippen molar-refractivity contribution < 1.29 is 9.59 Å².